The van der Waals surface area contributed by atoms with Gasteiger partial charge in [-0.3, -0.25) is 38.6 Å². The first-order valence-corrected chi connectivity index (χ1v) is 18.2. The van der Waals surface area contributed by atoms with Crippen LogP contribution in [-0.2, 0) is 33.6 Å². The molecule has 1 aliphatic heterocycles. The van der Waals surface area contributed by atoms with Crippen molar-refractivity contribution in [2.24, 2.45) is 34.0 Å². The van der Waals surface area contributed by atoms with Gasteiger partial charge in [0.15, 0.2) is 5.96 Å². The van der Waals surface area contributed by atoms with Crippen molar-refractivity contribution >= 4 is 47.3 Å². The molecule has 1 unspecified atom stereocenters. The predicted molar refractivity (Wildman–Crippen MR) is 195 cm³/mol. The molecule has 7 amide bonds. The van der Waals surface area contributed by atoms with Crippen LogP contribution in [0.2, 0.25) is 0 Å². The number of aliphatic imine (C=N–C) groups is 1. The Bertz CT molecular complexity index is 1270. The van der Waals surface area contributed by atoms with Gasteiger partial charge < -0.3 is 53.8 Å². The fraction of sp³-hybridized carbons (Fsp3) is 0.765. The summed E-state index contributed by atoms with van der Waals surface area (Å²) in [6.45, 7) is 12.0. The van der Waals surface area contributed by atoms with E-state index in [1.165, 1.54) is 18.7 Å². The lowest BCUT2D eigenvalue weighted by Crippen LogP contribution is -2.62. The van der Waals surface area contributed by atoms with Gasteiger partial charge in [-0.25, -0.2) is 0 Å². The second-order valence-electron chi connectivity index (χ2n) is 13.6. The van der Waals surface area contributed by atoms with E-state index in [0.717, 1.165) is 0 Å². The maximum Gasteiger partial charge on any atom is 0.245 e. The van der Waals surface area contributed by atoms with Gasteiger partial charge in [-0.15, -0.1) is 0 Å². The smallest absolute Gasteiger partial charge is 0.245 e. The predicted octanol–water partition coefficient (Wildman–Crippen LogP) is -1.77. The molecule has 0 aromatic rings. The van der Waals surface area contributed by atoms with E-state index < -0.39 is 89.6 Å². The topological polar surface area (TPSA) is 294 Å². The number of likely N-dealkylation sites (tertiary alicyclic amines) is 1. The standard InChI is InChI=1S/C34H62N10O8/c1-8-13-22(40-32(51)27(20(6)45)43-31(50)25(18(4)9-2)39-21(7)46)29(48)42-26(19(5)10-3)30(49)41-23(14-11-16-38-34(36)37)33(52)44-17-12-15-24(44)28(35)47/h18-20,22-27,45H,8-17H2,1-7H3,(H2,35,47)(H,39,46)(H,40,51)(H,41,49)(H,42,48)(H,43,50)(H4,36,37,38)/t18-,19-,20+,22-,23-,24-,25?,26-,27-/m0/s1. The molecule has 1 fully saturated rings. The second kappa shape index (κ2) is 22.5. The lowest BCUT2D eigenvalue weighted by molar-refractivity contribution is -0.141. The summed E-state index contributed by atoms with van der Waals surface area (Å²) in [6.07, 6.45) is 1.67. The number of primary amides is 1. The molecule has 0 aliphatic carbocycles. The molecule has 52 heavy (non-hydrogen) atoms. The lowest BCUT2D eigenvalue weighted by Gasteiger charge is -2.31. The first kappa shape index (κ1) is 45.5. The number of rotatable bonds is 22. The molecule has 0 aromatic heterocycles. The number of hydrogen-bond acceptors (Lipinski definition) is 9. The summed E-state index contributed by atoms with van der Waals surface area (Å²) in [5.74, 6) is -5.26. The van der Waals surface area contributed by atoms with Gasteiger partial charge in [-0.1, -0.05) is 53.9 Å². The molecule has 9 atom stereocenters. The molecule has 12 N–H and O–H groups in total. The van der Waals surface area contributed by atoms with Crippen molar-refractivity contribution < 1.29 is 38.7 Å². The molecule has 0 spiro atoms. The maximum atomic E-state index is 13.9. The third-order valence-electron chi connectivity index (χ3n) is 9.34. The Morgan fingerprint density at radius 1 is 0.750 bits per heavy atom. The summed E-state index contributed by atoms with van der Waals surface area (Å²) in [5.41, 5.74) is 16.4. The molecule has 18 heteroatoms. The molecule has 0 radical (unpaired) electrons. The normalized spacial score (nSPS) is 18.6. The molecule has 1 heterocycles. The molecule has 1 saturated heterocycles. The summed E-state index contributed by atoms with van der Waals surface area (Å²) < 4.78 is 0. The molecule has 0 saturated carbocycles. The highest BCUT2D eigenvalue weighted by Crippen LogP contribution is 2.20. The fourth-order valence-corrected chi connectivity index (χ4v) is 5.89. The molecule has 0 bridgehead atoms. The third kappa shape index (κ3) is 14.3. The maximum absolute atomic E-state index is 13.9. The summed E-state index contributed by atoms with van der Waals surface area (Å²) in [6, 6.07) is -6.61. The number of aliphatic hydroxyl groups is 1. The van der Waals surface area contributed by atoms with Crippen LogP contribution < -0.4 is 43.8 Å². The van der Waals surface area contributed by atoms with Crippen LogP contribution in [0.5, 0.6) is 0 Å². The summed E-state index contributed by atoms with van der Waals surface area (Å²) >= 11 is 0. The monoisotopic (exact) mass is 738 g/mol. The van der Waals surface area contributed by atoms with Gasteiger partial charge in [0.05, 0.1) is 6.10 Å². The number of aliphatic hydroxyl groups excluding tert-OH is 1. The number of nitrogens with one attached hydrogen (secondary N) is 5. The summed E-state index contributed by atoms with van der Waals surface area (Å²) in [5, 5.41) is 23.6. The Morgan fingerprint density at radius 2 is 1.27 bits per heavy atom. The number of amides is 7. The van der Waals surface area contributed by atoms with Crippen molar-refractivity contribution in [3.8, 4) is 0 Å². The lowest BCUT2D eigenvalue weighted by atomic mass is 9.96. The average Bonchev–Trinajstić information content (AvgIpc) is 3.58. The van der Waals surface area contributed by atoms with Crippen LogP contribution in [0.4, 0.5) is 0 Å². The Balaban J connectivity index is 3.26. The zero-order chi connectivity index (χ0) is 39.7. The Labute approximate surface area is 306 Å². The second-order valence-corrected chi connectivity index (χ2v) is 13.6. The van der Waals surface area contributed by atoms with Crippen molar-refractivity contribution in [1.82, 2.24) is 31.5 Å². The van der Waals surface area contributed by atoms with Gasteiger partial charge in [-0.2, -0.15) is 0 Å². The summed E-state index contributed by atoms with van der Waals surface area (Å²) in [7, 11) is 0. The fourth-order valence-electron chi connectivity index (χ4n) is 5.89. The molecule has 1 aliphatic rings. The number of hydrogen-bond donors (Lipinski definition) is 9. The van der Waals surface area contributed by atoms with Crippen LogP contribution in [0, 0.1) is 11.8 Å². The van der Waals surface area contributed by atoms with E-state index in [9.17, 15) is 38.7 Å². The first-order valence-electron chi connectivity index (χ1n) is 18.2. The third-order valence-corrected chi connectivity index (χ3v) is 9.34. The van der Waals surface area contributed by atoms with Gasteiger partial charge in [0.2, 0.25) is 41.4 Å². The zero-order valence-corrected chi connectivity index (χ0v) is 31.7. The SMILES string of the molecule is CCC[C@H](NC(=O)[C@@H](NC(=O)C(NC(C)=O)[C@@H](C)CC)[C@@H](C)O)C(=O)N[C@H](C(=O)N[C@@H](CCCN=C(N)N)C(=O)N1CCC[C@H]1C(N)=O)[C@@H](C)CC. The van der Waals surface area contributed by atoms with E-state index in [0.29, 0.717) is 38.5 Å². The van der Waals surface area contributed by atoms with Crippen molar-refractivity contribution in [3.05, 3.63) is 0 Å². The molecule has 296 valence electrons. The minimum atomic E-state index is -1.46. The Hall–Kier alpha value is -4.48. The molecule has 18 nitrogen and oxygen atoms in total. The molecule has 1 rings (SSSR count). The van der Waals surface area contributed by atoms with Crippen LogP contribution in [0.1, 0.15) is 99.8 Å². The van der Waals surface area contributed by atoms with E-state index in [1.807, 2.05) is 13.8 Å². The highest BCUT2D eigenvalue weighted by molar-refractivity contribution is 5.97. The van der Waals surface area contributed by atoms with Crippen molar-refractivity contribution in [2.75, 3.05) is 13.1 Å². The summed E-state index contributed by atoms with van der Waals surface area (Å²) in [4.78, 5) is 97.0. The Morgan fingerprint density at radius 3 is 1.77 bits per heavy atom. The number of carbonyl (C=O) groups excluding carboxylic acids is 7. The van der Waals surface area contributed by atoms with E-state index >= 15 is 0 Å². The van der Waals surface area contributed by atoms with Crippen LogP contribution in [0.15, 0.2) is 4.99 Å². The highest BCUT2D eigenvalue weighted by Gasteiger charge is 2.39. The quantitative estimate of drug-likeness (QED) is 0.0342. The van der Waals surface area contributed by atoms with Gasteiger partial charge >= 0.3 is 0 Å². The molecular weight excluding hydrogens is 676 g/mol. The number of nitrogens with two attached hydrogens (primary N) is 3. The molecule has 0 aromatic carbocycles. The van der Waals surface area contributed by atoms with Crippen molar-refractivity contribution in [3.63, 3.8) is 0 Å². The van der Waals surface area contributed by atoms with E-state index in [2.05, 4.69) is 31.6 Å². The average molecular weight is 739 g/mol. The highest BCUT2D eigenvalue weighted by atomic mass is 16.3. The van der Waals surface area contributed by atoms with Crippen molar-refractivity contribution in [1.29, 1.82) is 0 Å². The minimum absolute atomic E-state index is 0.129. The van der Waals surface area contributed by atoms with E-state index in [1.54, 1.807) is 20.8 Å². The zero-order valence-electron chi connectivity index (χ0n) is 31.7. The van der Waals surface area contributed by atoms with Crippen molar-refractivity contribution in [2.45, 2.75) is 142 Å². The Kier molecular flexibility index (Phi) is 19.7. The van der Waals surface area contributed by atoms with Crippen LogP contribution in [-0.4, -0.2) is 113 Å². The largest absolute Gasteiger partial charge is 0.391 e. The van der Waals surface area contributed by atoms with Gasteiger partial charge in [0.25, 0.3) is 0 Å². The van der Waals surface area contributed by atoms with Gasteiger partial charge in [0.1, 0.15) is 36.3 Å². The number of nitrogens with zero attached hydrogens (tertiary/aromatic N) is 2. The van der Waals surface area contributed by atoms with Gasteiger partial charge in [-0.05, 0) is 50.9 Å². The minimum Gasteiger partial charge on any atom is -0.391 e. The van der Waals surface area contributed by atoms with Crippen LogP contribution in [0.25, 0.3) is 0 Å². The number of guanidine groups is 1. The number of carbonyl (C=O) groups is 7. The van der Waals surface area contributed by atoms with E-state index in [4.69, 9.17) is 17.2 Å². The first-order chi connectivity index (χ1) is 24.4. The van der Waals surface area contributed by atoms with Crippen LogP contribution in [0.3, 0.4) is 0 Å². The van der Waals surface area contributed by atoms with Crippen LogP contribution >= 0.6 is 0 Å². The molecular formula is C34H62N10O8. The van der Waals surface area contributed by atoms with Gasteiger partial charge in [0, 0.05) is 20.0 Å². The van der Waals surface area contributed by atoms with E-state index in [-0.39, 0.29) is 37.8 Å².